The van der Waals surface area contributed by atoms with Crippen molar-refractivity contribution in [1.29, 1.82) is 0 Å². The molecule has 3 rings (SSSR count). The maximum atomic E-state index is 12.8. The van der Waals surface area contributed by atoms with Crippen molar-refractivity contribution in [3.8, 4) is 5.75 Å². The molecule has 2 heterocycles. The van der Waals surface area contributed by atoms with E-state index in [9.17, 15) is 13.2 Å². The van der Waals surface area contributed by atoms with Gasteiger partial charge in [-0.15, -0.1) is 0 Å². The van der Waals surface area contributed by atoms with Crippen LogP contribution in [-0.4, -0.2) is 83.1 Å². The van der Waals surface area contributed by atoms with Gasteiger partial charge in [0.15, 0.2) is 0 Å². The molecule has 1 amide bonds. The number of nitrogens with zero attached hydrogens (tertiary/aromatic N) is 2. The summed E-state index contributed by atoms with van der Waals surface area (Å²) in [6.45, 7) is 5.79. The molecule has 28 heavy (non-hydrogen) atoms. The highest BCUT2D eigenvalue weighted by Gasteiger charge is 2.28. The summed E-state index contributed by atoms with van der Waals surface area (Å²) in [7, 11) is -2.11. The molecule has 8 nitrogen and oxygen atoms in total. The van der Waals surface area contributed by atoms with E-state index in [4.69, 9.17) is 9.47 Å². The molecule has 0 aliphatic carbocycles. The zero-order valence-electron chi connectivity index (χ0n) is 16.4. The van der Waals surface area contributed by atoms with Crippen LogP contribution in [0.2, 0.25) is 0 Å². The van der Waals surface area contributed by atoms with E-state index >= 15 is 0 Å². The molecule has 0 atom stereocenters. The van der Waals surface area contributed by atoms with Gasteiger partial charge >= 0.3 is 0 Å². The number of sulfonamides is 1. The Morgan fingerprint density at radius 2 is 1.89 bits per heavy atom. The van der Waals surface area contributed by atoms with Gasteiger partial charge in [-0.1, -0.05) is 0 Å². The Hall–Kier alpha value is -1.68. The van der Waals surface area contributed by atoms with Gasteiger partial charge in [0.1, 0.15) is 5.75 Å². The van der Waals surface area contributed by atoms with Crippen molar-refractivity contribution >= 4 is 15.9 Å². The van der Waals surface area contributed by atoms with Crippen LogP contribution in [0, 0.1) is 0 Å². The highest BCUT2D eigenvalue weighted by Crippen LogP contribution is 2.26. The first-order valence-corrected chi connectivity index (χ1v) is 11.2. The van der Waals surface area contributed by atoms with Crippen molar-refractivity contribution in [3.63, 3.8) is 0 Å². The molecule has 2 aliphatic rings. The van der Waals surface area contributed by atoms with Crippen molar-refractivity contribution in [1.82, 2.24) is 14.5 Å². The van der Waals surface area contributed by atoms with Crippen molar-refractivity contribution in [2.45, 2.75) is 24.2 Å². The van der Waals surface area contributed by atoms with Gasteiger partial charge in [0.25, 0.3) is 5.91 Å². The SMILES string of the molecule is COc1ccc(S(=O)(=O)N2CCCC2)cc1C(=O)NCCCN1CCOCC1. The van der Waals surface area contributed by atoms with Gasteiger partial charge in [0.2, 0.25) is 10.0 Å². The van der Waals surface area contributed by atoms with Crippen LogP contribution < -0.4 is 10.1 Å². The summed E-state index contributed by atoms with van der Waals surface area (Å²) in [6, 6.07) is 4.47. The molecule has 2 fully saturated rings. The van der Waals surface area contributed by atoms with Crippen molar-refractivity contribution in [2.24, 2.45) is 0 Å². The van der Waals surface area contributed by atoms with E-state index in [0.717, 1.165) is 52.1 Å². The number of rotatable bonds is 8. The molecule has 2 saturated heterocycles. The Labute approximate surface area is 166 Å². The summed E-state index contributed by atoms with van der Waals surface area (Å²) in [4.78, 5) is 15.1. The first kappa shape index (κ1) is 21.0. The predicted molar refractivity (Wildman–Crippen MR) is 105 cm³/mol. The Kier molecular flexibility index (Phi) is 7.28. The van der Waals surface area contributed by atoms with Crippen molar-refractivity contribution in [3.05, 3.63) is 23.8 Å². The van der Waals surface area contributed by atoms with Crippen LogP contribution >= 0.6 is 0 Å². The molecule has 0 spiro atoms. The highest BCUT2D eigenvalue weighted by atomic mass is 32.2. The number of hydrogen-bond donors (Lipinski definition) is 1. The van der Waals surface area contributed by atoms with Crippen LogP contribution in [-0.2, 0) is 14.8 Å². The van der Waals surface area contributed by atoms with E-state index in [0.29, 0.717) is 25.4 Å². The molecular formula is C19H29N3O5S. The van der Waals surface area contributed by atoms with Crippen molar-refractivity contribution in [2.75, 3.05) is 59.6 Å². The summed E-state index contributed by atoms with van der Waals surface area (Å²) < 4.78 is 37.6. The molecule has 0 radical (unpaired) electrons. The monoisotopic (exact) mass is 411 g/mol. The predicted octanol–water partition coefficient (Wildman–Crippen LogP) is 0.932. The van der Waals surface area contributed by atoms with Gasteiger partial charge in [-0.05, 0) is 44.0 Å². The molecule has 0 aromatic heterocycles. The maximum Gasteiger partial charge on any atom is 0.255 e. The zero-order valence-corrected chi connectivity index (χ0v) is 17.2. The van der Waals surface area contributed by atoms with Gasteiger partial charge < -0.3 is 14.8 Å². The van der Waals surface area contributed by atoms with Crippen molar-refractivity contribution < 1.29 is 22.7 Å². The number of morpholine rings is 1. The standard InChI is InChI=1S/C19H29N3O5S/c1-26-18-6-5-16(28(24,25)22-9-2-3-10-22)15-17(18)19(23)20-7-4-8-21-11-13-27-14-12-21/h5-6,15H,2-4,7-14H2,1H3,(H,20,23). The first-order valence-electron chi connectivity index (χ1n) is 9.79. The molecule has 0 saturated carbocycles. The molecule has 0 bridgehead atoms. The molecule has 9 heteroatoms. The van der Waals surface area contributed by atoms with E-state index in [1.807, 2.05) is 0 Å². The highest BCUT2D eigenvalue weighted by molar-refractivity contribution is 7.89. The van der Waals surface area contributed by atoms with E-state index in [-0.39, 0.29) is 16.4 Å². The minimum absolute atomic E-state index is 0.133. The Morgan fingerprint density at radius 3 is 2.57 bits per heavy atom. The number of carbonyl (C=O) groups excluding carboxylic acids is 1. The average Bonchev–Trinajstić information content (AvgIpc) is 3.27. The summed E-state index contributed by atoms with van der Waals surface area (Å²) in [5, 5.41) is 2.88. The molecule has 156 valence electrons. The second-order valence-electron chi connectivity index (χ2n) is 7.04. The summed E-state index contributed by atoms with van der Waals surface area (Å²) in [5.74, 6) is 0.0448. The normalized spacial score (nSPS) is 18.9. The van der Waals surface area contributed by atoms with Gasteiger partial charge in [-0.3, -0.25) is 9.69 Å². The first-order chi connectivity index (χ1) is 13.5. The molecule has 0 unspecified atom stereocenters. The lowest BCUT2D eigenvalue weighted by Gasteiger charge is -2.26. The molecule has 2 aliphatic heterocycles. The summed E-state index contributed by atoms with van der Waals surface area (Å²) in [5.41, 5.74) is 0.245. The van der Waals surface area contributed by atoms with Gasteiger partial charge in [-0.2, -0.15) is 4.31 Å². The second-order valence-corrected chi connectivity index (χ2v) is 8.97. The van der Waals surface area contributed by atoms with Crippen LogP contribution in [0.1, 0.15) is 29.6 Å². The number of amides is 1. The Balaban J connectivity index is 1.63. The third kappa shape index (κ3) is 5.02. The van der Waals surface area contributed by atoms with E-state index in [1.54, 1.807) is 6.07 Å². The van der Waals surface area contributed by atoms with E-state index in [2.05, 4.69) is 10.2 Å². The van der Waals surface area contributed by atoms with Gasteiger partial charge in [0, 0.05) is 32.7 Å². The Bertz CT molecular complexity index is 772. The van der Waals surface area contributed by atoms with E-state index < -0.39 is 10.0 Å². The number of carbonyl (C=O) groups is 1. The molecule has 1 aromatic rings. The number of ether oxygens (including phenoxy) is 2. The average molecular weight is 412 g/mol. The molecule has 1 N–H and O–H groups in total. The fraction of sp³-hybridized carbons (Fsp3) is 0.632. The van der Waals surface area contributed by atoms with Crippen LogP contribution in [0.15, 0.2) is 23.1 Å². The lowest BCUT2D eigenvalue weighted by atomic mass is 10.2. The van der Waals surface area contributed by atoms with Gasteiger partial charge in [-0.25, -0.2) is 8.42 Å². The smallest absolute Gasteiger partial charge is 0.255 e. The Morgan fingerprint density at radius 1 is 1.18 bits per heavy atom. The van der Waals surface area contributed by atoms with Crippen LogP contribution in [0.3, 0.4) is 0 Å². The van der Waals surface area contributed by atoms with E-state index in [1.165, 1.54) is 23.5 Å². The number of hydrogen-bond acceptors (Lipinski definition) is 6. The second kappa shape index (κ2) is 9.69. The fourth-order valence-corrected chi connectivity index (χ4v) is 5.07. The quantitative estimate of drug-likeness (QED) is 0.641. The minimum Gasteiger partial charge on any atom is -0.496 e. The lowest BCUT2D eigenvalue weighted by molar-refractivity contribution is 0.0374. The summed E-state index contributed by atoms with van der Waals surface area (Å²) in [6.07, 6.45) is 2.55. The zero-order chi connectivity index (χ0) is 20.0. The maximum absolute atomic E-state index is 12.8. The molecule has 1 aromatic carbocycles. The van der Waals surface area contributed by atoms with Crippen LogP contribution in [0.4, 0.5) is 0 Å². The number of nitrogens with one attached hydrogen (secondary N) is 1. The van der Waals surface area contributed by atoms with Gasteiger partial charge in [0.05, 0.1) is 30.8 Å². The third-order valence-corrected chi connectivity index (χ3v) is 7.05. The lowest BCUT2D eigenvalue weighted by Crippen LogP contribution is -2.38. The summed E-state index contributed by atoms with van der Waals surface area (Å²) >= 11 is 0. The number of benzene rings is 1. The largest absolute Gasteiger partial charge is 0.496 e. The minimum atomic E-state index is -3.58. The van der Waals surface area contributed by atoms with Crippen LogP contribution in [0.5, 0.6) is 5.75 Å². The fourth-order valence-electron chi connectivity index (χ4n) is 3.53. The molecular weight excluding hydrogens is 382 g/mol. The third-order valence-electron chi connectivity index (χ3n) is 5.16. The topological polar surface area (TPSA) is 88.2 Å². The number of methoxy groups -OCH3 is 1. The van der Waals surface area contributed by atoms with Crippen LogP contribution in [0.25, 0.3) is 0 Å².